The zero-order chi connectivity index (χ0) is 14.7. The van der Waals surface area contributed by atoms with E-state index in [0.717, 1.165) is 19.6 Å². The van der Waals surface area contributed by atoms with Crippen molar-refractivity contribution in [3.63, 3.8) is 0 Å². The highest BCUT2D eigenvalue weighted by molar-refractivity contribution is 5.81. The van der Waals surface area contributed by atoms with Crippen molar-refractivity contribution in [1.29, 1.82) is 0 Å². The van der Waals surface area contributed by atoms with Crippen molar-refractivity contribution in [3.8, 4) is 0 Å². The molecular weight excluding hydrogens is 256 g/mol. The van der Waals surface area contributed by atoms with Crippen molar-refractivity contribution < 1.29 is 0 Å². The van der Waals surface area contributed by atoms with Crippen LogP contribution in [0.3, 0.4) is 0 Å². The number of rotatable bonds is 5. The fraction of sp³-hybridized carbons (Fsp3) is 0.263. The average molecular weight is 278 g/mol. The van der Waals surface area contributed by atoms with Crippen LogP contribution < -0.4 is 5.32 Å². The molecule has 1 heterocycles. The summed E-state index contributed by atoms with van der Waals surface area (Å²) in [5.41, 5.74) is 5.30. The Morgan fingerprint density at radius 1 is 0.952 bits per heavy atom. The summed E-state index contributed by atoms with van der Waals surface area (Å²) in [6.07, 6.45) is 2.18. The van der Waals surface area contributed by atoms with Gasteiger partial charge in [0.05, 0.1) is 0 Å². The van der Waals surface area contributed by atoms with Gasteiger partial charge in [0.25, 0.3) is 0 Å². The third-order valence-corrected chi connectivity index (χ3v) is 3.89. The Labute approximate surface area is 126 Å². The van der Waals surface area contributed by atoms with Crippen LogP contribution in [0.5, 0.6) is 0 Å². The van der Waals surface area contributed by atoms with Gasteiger partial charge in [-0.3, -0.25) is 0 Å². The van der Waals surface area contributed by atoms with E-state index in [4.69, 9.17) is 0 Å². The minimum Gasteiger partial charge on any atom is -0.343 e. The van der Waals surface area contributed by atoms with Crippen molar-refractivity contribution in [3.05, 3.63) is 71.4 Å². The Morgan fingerprint density at radius 2 is 1.71 bits per heavy atom. The molecule has 0 aliphatic carbocycles. The van der Waals surface area contributed by atoms with Gasteiger partial charge in [-0.1, -0.05) is 48.9 Å². The second-order valence-corrected chi connectivity index (χ2v) is 5.60. The van der Waals surface area contributed by atoms with Gasteiger partial charge in [0.15, 0.2) is 0 Å². The molecule has 108 valence electrons. The summed E-state index contributed by atoms with van der Waals surface area (Å²) < 4.78 is 2.33. The highest BCUT2D eigenvalue weighted by Gasteiger charge is 2.03. The van der Waals surface area contributed by atoms with Gasteiger partial charge in [-0.2, -0.15) is 0 Å². The topological polar surface area (TPSA) is 17.0 Å². The molecule has 1 N–H and O–H groups in total. The lowest BCUT2D eigenvalue weighted by Gasteiger charge is -2.08. The van der Waals surface area contributed by atoms with E-state index in [1.807, 2.05) is 0 Å². The molecule has 0 unspecified atom stereocenters. The Bertz CT molecular complexity index is 723. The molecule has 3 rings (SSSR count). The first kappa shape index (κ1) is 13.9. The van der Waals surface area contributed by atoms with Gasteiger partial charge in [-0.15, -0.1) is 0 Å². The number of nitrogens with zero attached hydrogens (tertiary/aromatic N) is 1. The first-order valence-corrected chi connectivity index (χ1v) is 7.60. The van der Waals surface area contributed by atoms with E-state index in [1.165, 1.54) is 27.6 Å². The van der Waals surface area contributed by atoms with Crippen LogP contribution in [-0.2, 0) is 13.1 Å². The van der Waals surface area contributed by atoms with E-state index < -0.39 is 0 Å². The molecule has 0 aliphatic heterocycles. The van der Waals surface area contributed by atoms with E-state index in [9.17, 15) is 0 Å². The van der Waals surface area contributed by atoms with Crippen molar-refractivity contribution >= 4 is 10.9 Å². The van der Waals surface area contributed by atoms with Crippen molar-refractivity contribution in [2.45, 2.75) is 26.9 Å². The van der Waals surface area contributed by atoms with E-state index in [2.05, 4.69) is 78.5 Å². The normalized spacial score (nSPS) is 11.1. The maximum atomic E-state index is 3.39. The molecule has 3 aromatic rings. The lowest BCUT2D eigenvalue weighted by atomic mass is 10.1. The second-order valence-electron chi connectivity index (χ2n) is 5.60. The van der Waals surface area contributed by atoms with E-state index in [1.54, 1.807) is 0 Å². The molecular formula is C19H22N2. The van der Waals surface area contributed by atoms with Crippen molar-refractivity contribution in [2.75, 3.05) is 6.54 Å². The van der Waals surface area contributed by atoms with Crippen LogP contribution in [-0.4, -0.2) is 11.1 Å². The Hall–Kier alpha value is -2.06. The Balaban J connectivity index is 1.89. The predicted octanol–water partition coefficient (Wildman–Crippen LogP) is 4.11. The molecule has 0 saturated heterocycles. The molecule has 0 atom stereocenters. The lowest BCUT2D eigenvalue weighted by molar-refractivity contribution is 0.726. The fourth-order valence-corrected chi connectivity index (χ4v) is 2.64. The van der Waals surface area contributed by atoms with Gasteiger partial charge in [-0.25, -0.2) is 0 Å². The summed E-state index contributed by atoms with van der Waals surface area (Å²) in [5, 5.41) is 4.70. The third-order valence-electron chi connectivity index (χ3n) is 3.89. The molecule has 2 heteroatoms. The summed E-state index contributed by atoms with van der Waals surface area (Å²) in [6, 6.07) is 17.7. The molecule has 0 aliphatic rings. The van der Waals surface area contributed by atoms with Gasteiger partial charge < -0.3 is 9.88 Å². The van der Waals surface area contributed by atoms with Gasteiger partial charge in [0.2, 0.25) is 0 Å². The summed E-state index contributed by atoms with van der Waals surface area (Å²) >= 11 is 0. The molecule has 0 fully saturated rings. The van der Waals surface area contributed by atoms with E-state index in [-0.39, 0.29) is 0 Å². The SMILES string of the molecule is CCNCc1ccc2ccn(Cc3ccc(C)cc3)c2c1. The number of nitrogens with one attached hydrogen (secondary N) is 1. The largest absolute Gasteiger partial charge is 0.343 e. The third kappa shape index (κ3) is 3.17. The Morgan fingerprint density at radius 3 is 2.48 bits per heavy atom. The van der Waals surface area contributed by atoms with Crippen LogP contribution in [0.4, 0.5) is 0 Å². The fourth-order valence-electron chi connectivity index (χ4n) is 2.64. The smallest absolute Gasteiger partial charge is 0.0486 e. The van der Waals surface area contributed by atoms with Crippen LogP contribution in [0.2, 0.25) is 0 Å². The second kappa shape index (κ2) is 6.15. The highest BCUT2D eigenvalue weighted by atomic mass is 14.9. The molecule has 1 aromatic heterocycles. The monoisotopic (exact) mass is 278 g/mol. The first-order valence-electron chi connectivity index (χ1n) is 7.60. The summed E-state index contributed by atoms with van der Waals surface area (Å²) in [6.45, 7) is 7.12. The van der Waals surface area contributed by atoms with Gasteiger partial charge in [-0.05, 0) is 42.1 Å². The van der Waals surface area contributed by atoms with E-state index >= 15 is 0 Å². The molecule has 0 saturated carbocycles. The number of benzene rings is 2. The summed E-state index contributed by atoms with van der Waals surface area (Å²) in [5.74, 6) is 0. The minimum absolute atomic E-state index is 0.925. The van der Waals surface area contributed by atoms with Crippen LogP contribution in [0.15, 0.2) is 54.7 Å². The molecule has 2 nitrogen and oxygen atoms in total. The standard InChI is InChI=1S/C19H22N2/c1-3-20-13-17-8-9-18-10-11-21(19(18)12-17)14-16-6-4-15(2)5-7-16/h4-12,20H,3,13-14H2,1-2H3. The highest BCUT2D eigenvalue weighted by Crippen LogP contribution is 2.19. The minimum atomic E-state index is 0.925. The van der Waals surface area contributed by atoms with Crippen molar-refractivity contribution in [2.24, 2.45) is 0 Å². The van der Waals surface area contributed by atoms with Crippen LogP contribution in [0, 0.1) is 6.92 Å². The molecule has 2 aromatic carbocycles. The maximum Gasteiger partial charge on any atom is 0.0486 e. The van der Waals surface area contributed by atoms with Gasteiger partial charge in [0, 0.05) is 24.8 Å². The summed E-state index contributed by atoms with van der Waals surface area (Å²) in [4.78, 5) is 0. The number of hydrogen-bond donors (Lipinski definition) is 1. The molecule has 0 amide bonds. The van der Waals surface area contributed by atoms with Crippen LogP contribution in [0.25, 0.3) is 10.9 Å². The molecule has 0 bridgehead atoms. The van der Waals surface area contributed by atoms with Gasteiger partial charge >= 0.3 is 0 Å². The maximum absolute atomic E-state index is 3.39. The number of aromatic nitrogens is 1. The lowest BCUT2D eigenvalue weighted by Crippen LogP contribution is -2.11. The molecule has 0 radical (unpaired) electrons. The predicted molar refractivity (Wildman–Crippen MR) is 89.6 cm³/mol. The molecule has 21 heavy (non-hydrogen) atoms. The summed E-state index contributed by atoms with van der Waals surface area (Å²) in [7, 11) is 0. The first-order chi connectivity index (χ1) is 10.3. The number of fused-ring (bicyclic) bond motifs is 1. The average Bonchev–Trinajstić information content (AvgIpc) is 2.90. The van der Waals surface area contributed by atoms with E-state index in [0.29, 0.717) is 0 Å². The zero-order valence-corrected chi connectivity index (χ0v) is 12.8. The van der Waals surface area contributed by atoms with Crippen LogP contribution in [0.1, 0.15) is 23.6 Å². The number of aryl methyl sites for hydroxylation is 1. The Kier molecular flexibility index (Phi) is 4.07. The molecule has 0 spiro atoms. The van der Waals surface area contributed by atoms with Gasteiger partial charge in [0.1, 0.15) is 0 Å². The van der Waals surface area contributed by atoms with Crippen LogP contribution >= 0.6 is 0 Å². The number of hydrogen-bond acceptors (Lipinski definition) is 1. The zero-order valence-electron chi connectivity index (χ0n) is 12.8. The quantitative estimate of drug-likeness (QED) is 0.743. The van der Waals surface area contributed by atoms with Crippen molar-refractivity contribution in [1.82, 2.24) is 9.88 Å².